The zero-order valence-electron chi connectivity index (χ0n) is 8.86. The average molecular weight is 251 g/mol. The lowest BCUT2D eigenvalue weighted by Gasteiger charge is -2.21. The van der Waals surface area contributed by atoms with Gasteiger partial charge in [-0.2, -0.15) is 11.8 Å². The first-order valence-electron chi connectivity index (χ1n) is 5.00. The van der Waals surface area contributed by atoms with Crippen molar-refractivity contribution in [3.05, 3.63) is 0 Å². The molecule has 4 nitrogen and oxygen atoms in total. The minimum absolute atomic E-state index is 0.0664. The van der Waals surface area contributed by atoms with Gasteiger partial charge >= 0.3 is 0 Å². The summed E-state index contributed by atoms with van der Waals surface area (Å²) in [4.78, 5) is 11.6. The van der Waals surface area contributed by atoms with Gasteiger partial charge < -0.3 is 5.32 Å². The van der Waals surface area contributed by atoms with Crippen LogP contribution in [0.15, 0.2) is 0 Å². The van der Waals surface area contributed by atoms with Gasteiger partial charge in [-0.05, 0) is 6.42 Å². The molecule has 1 atom stereocenters. The predicted molar refractivity (Wildman–Crippen MR) is 63.1 cm³/mol. The Kier molecular flexibility index (Phi) is 5.08. The van der Waals surface area contributed by atoms with Crippen molar-refractivity contribution in [3.63, 3.8) is 0 Å². The number of sulfone groups is 1. The van der Waals surface area contributed by atoms with Gasteiger partial charge in [-0.1, -0.05) is 0 Å². The van der Waals surface area contributed by atoms with Gasteiger partial charge in [0.2, 0.25) is 0 Å². The molecule has 1 heterocycles. The molecule has 1 saturated heterocycles. The van der Waals surface area contributed by atoms with Crippen molar-refractivity contribution < 1.29 is 13.2 Å². The Morgan fingerprint density at radius 2 is 2.27 bits per heavy atom. The van der Waals surface area contributed by atoms with Crippen molar-refractivity contribution in [2.75, 3.05) is 30.1 Å². The van der Waals surface area contributed by atoms with Crippen LogP contribution in [0.3, 0.4) is 0 Å². The van der Waals surface area contributed by atoms with Gasteiger partial charge in [0.05, 0.1) is 11.8 Å². The normalized spacial score (nSPS) is 22.6. The molecule has 0 aliphatic carbocycles. The van der Waals surface area contributed by atoms with Crippen LogP contribution < -0.4 is 5.32 Å². The number of rotatable bonds is 5. The molecule has 0 radical (unpaired) electrons. The molecule has 0 aromatic carbocycles. The molecule has 0 spiro atoms. The predicted octanol–water partition coefficient (Wildman–Crippen LogP) is 0.0853. The number of hydrogen-bond acceptors (Lipinski definition) is 5. The molecule has 1 aliphatic rings. The van der Waals surface area contributed by atoms with Crippen LogP contribution in [0.4, 0.5) is 0 Å². The molecule has 6 heteroatoms. The molecule has 1 aliphatic heterocycles. The fourth-order valence-electron chi connectivity index (χ4n) is 1.46. The van der Waals surface area contributed by atoms with Gasteiger partial charge in [0.15, 0.2) is 5.78 Å². The van der Waals surface area contributed by atoms with Crippen molar-refractivity contribution in [1.82, 2.24) is 5.32 Å². The van der Waals surface area contributed by atoms with E-state index in [1.54, 1.807) is 11.8 Å². The molecule has 1 rings (SSSR count). The lowest BCUT2D eigenvalue weighted by atomic mass is 10.1. The SMILES string of the molecule is CS(=O)(=O)CCCC(=O)C1CSCCN1. The van der Waals surface area contributed by atoms with E-state index < -0.39 is 9.84 Å². The standard InChI is InChI=1S/C9H17NO3S2/c1-15(12,13)6-2-3-9(11)8-7-14-5-4-10-8/h8,10H,2-7H2,1H3. The van der Waals surface area contributed by atoms with E-state index in [1.807, 2.05) is 0 Å². The first-order valence-corrected chi connectivity index (χ1v) is 8.22. The molecule has 0 saturated carbocycles. The summed E-state index contributed by atoms with van der Waals surface area (Å²) >= 11 is 1.77. The Labute approximate surface area is 95.1 Å². The maximum Gasteiger partial charge on any atom is 0.150 e. The minimum Gasteiger partial charge on any atom is -0.306 e. The monoisotopic (exact) mass is 251 g/mol. The van der Waals surface area contributed by atoms with E-state index in [1.165, 1.54) is 6.26 Å². The number of hydrogen-bond donors (Lipinski definition) is 1. The third-order valence-electron chi connectivity index (χ3n) is 2.25. The van der Waals surface area contributed by atoms with E-state index in [0.717, 1.165) is 18.1 Å². The van der Waals surface area contributed by atoms with Crippen LogP contribution in [0.2, 0.25) is 0 Å². The summed E-state index contributed by atoms with van der Waals surface area (Å²) in [5.41, 5.74) is 0. The van der Waals surface area contributed by atoms with Crippen LogP contribution in [0.25, 0.3) is 0 Å². The second kappa shape index (κ2) is 5.86. The summed E-state index contributed by atoms with van der Waals surface area (Å²) in [5, 5.41) is 3.15. The summed E-state index contributed by atoms with van der Waals surface area (Å²) < 4.78 is 21.7. The number of carbonyl (C=O) groups is 1. The van der Waals surface area contributed by atoms with Gasteiger partial charge in [0.25, 0.3) is 0 Å². The van der Waals surface area contributed by atoms with Crippen LogP contribution in [0.1, 0.15) is 12.8 Å². The van der Waals surface area contributed by atoms with Crippen molar-refractivity contribution >= 4 is 27.4 Å². The molecular weight excluding hydrogens is 234 g/mol. The quantitative estimate of drug-likeness (QED) is 0.750. The molecule has 88 valence electrons. The molecule has 0 bridgehead atoms. The van der Waals surface area contributed by atoms with E-state index in [4.69, 9.17) is 0 Å². The lowest BCUT2D eigenvalue weighted by molar-refractivity contribution is -0.120. The van der Waals surface area contributed by atoms with E-state index in [9.17, 15) is 13.2 Å². The highest BCUT2D eigenvalue weighted by atomic mass is 32.2. The zero-order valence-corrected chi connectivity index (χ0v) is 10.5. The van der Waals surface area contributed by atoms with Gasteiger partial charge in [0, 0.05) is 30.7 Å². The third kappa shape index (κ3) is 5.53. The largest absolute Gasteiger partial charge is 0.306 e. The van der Waals surface area contributed by atoms with Gasteiger partial charge in [-0.3, -0.25) is 4.79 Å². The molecule has 0 amide bonds. The highest BCUT2D eigenvalue weighted by Crippen LogP contribution is 2.10. The van der Waals surface area contributed by atoms with Crippen LogP contribution in [-0.2, 0) is 14.6 Å². The van der Waals surface area contributed by atoms with Crippen LogP contribution in [-0.4, -0.2) is 50.3 Å². The maximum atomic E-state index is 11.6. The smallest absolute Gasteiger partial charge is 0.150 e. The molecule has 1 fully saturated rings. The molecule has 1 N–H and O–H groups in total. The molecule has 0 aromatic rings. The first kappa shape index (κ1) is 13.0. The van der Waals surface area contributed by atoms with Crippen molar-refractivity contribution in [1.29, 1.82) is 0 Å². The molecular formula is C9H17NO3S2. The van der Waals surface area contributed by atoms with Crippen molar-refractivity contribution in [2.45, 2.75) is 18.9 Å². The van der Waals surface area contributed by atoms with Gasteiger partial charge in [-0.15, -0.1) is 0 Å². The second-order valence-corrected chi connectivity index (χ2v) is 7.19. The first-order chi connectivity index (χ1) is 6.99. The topological polar surface area (TPSA) is 63.2 Å². The van der Waals surface area contributed by atoms with E-state index >= 15 is 0 Å². The zero-order chi connectivity index (χ0) is 11.3. The Balaban J connectivity index is 2.23. The van der Waals surface area contributed by atoms with E-state index in [2.05, 4.69) is 5.32 Å². The maximum absolute atomic E-state index is 11.6. The van der Waals surface area contributed by atoms with Crippen molar-refractivity contribution in [3.8, 4) is 0 Å². The Hall–Kier alpha value is -0.0700. The van der Waals surface area contributed by atoms with Crippen LogP contribution >= 0.6 is 11.8 Å². The Morgan fingerprint density at radius 3 is 2.80 bits per heavy atom. The summed E-state index contributed by atoms with van der Waals surface area (Å²) in [7, 11) is -2.93. The highest BCUT2D eigenvalue weighted by molar-refractivity contribution is 7.99. The summed E-state index contributed by atoms with van der Waals surface area (Å²) in [6.07, 6.45) is 2.01. The lowest BCUT2D eigenvalue weighted by Crippen LogP contribution is -2.43. The van der Waals surface area contributed by atoms with E-state index in [-0.39, 0.29) is 17.6 Å². The Morgan fingerprint density at radius 1 is 1.53 bits per heavy atom. The van der Waals surface area contributed by atoms with Crippen LogP contribution in [0, 0.1) is 0 Å². The second-order valence-electron chi connectivity index (χ2n) is 3.78. The van der Waals surface area contributed by atoms with Gasteiger partial charge in [-0.25, -0.2) is 8.42 Å². The van der Waals surface area contributed by atoms with Gasteiger partial charge in [0.1, 0.15) is 9.84 Å². The fourth-order valence-corrected chi connectivity index (χ4v) is 3.09. The average Bonchev–Trinajstić information content (AvgIpc) is 2.17. The number of nitrogens with one attached hydrogen (secondary N) is 1. The van der Waals surface area contributed by atoms with Crippen LogP contribution in [0.5, 0.6) is 0 Å². The number of thioether (sulfide) groups is 1. The Bertz CT molecular complexity index is 307. The summed E-state index contributed by atoms with van der Waals surface area (Å²) in [5.74, 6) is 2.12. The number of ketones is 1. The summed E-state index contributed by atoms with van der Waals surface area (Å²) in [6, 6.07) is -0.0664. The molecule has 1 unspecified atom stereocenters. The number of Topliss-reactive ketones (excluding diaryl/α,β-unsaturated/α-hetero) is 1. The fraction of sp³-hybridized carbons (Fsp3) is 0.889. The summed E-state index contributed by atoms with van der Waals surface area (Å²) in [6.45, 7) is 0.868. The van der Waals surface area contributed by atoms with E-state index in [0.29, 0.717) is 12.8 Å². The molecule has 15 heavy (non-hydrogen) atoms. The highest BCUT2D eigenvalue weighted by Gasteiger charge is 2.20. The van der Waals surface area contributed by atoms with Crippen molar-refractivity contribution in [2.24, 2.45) is 0 Å². The third-order valence-corrected chi connectivity index (χ3v) is 4.34. The number of carbonyl (C=O) groups excluding carboxylic acids is 1. The molecule has 0 aromatic heterocycles. The minimum atomic E-state index is -2.93.